The number of nitro groups is 1. The third kappa shape index (κ3) is 1.60. The molecule has 0 spiro atoms. The SMILES string of the molecule is O=Cc1c(I)cccc1[N+](=O)[O-]. The summed E-state index contributed by atoms with van der Waals surface area (Å²) in [5.41, 5.74) is 0.000000000000000666. The number of aldehydes is 1. The Morgan fingerprint density at radius 3 is 2.58 bits per heavy atom. The molecule has 0 amide bonds. The van der Waals surface area contributed by atoms with E-state index in [2.05, 4.69) is 0 Å². The van der Waals surface area contributed by atoms with Crippen LogP contribution in [0.2, 0.25) is 0 Å². The van der Waals surface area contributed by atoms with Crippen molar-refractivity contribution in [3.05, 3.63) is 37.4 Å². The summed E-state index contributed by atoms with van der Waals surface area (Å²) in [4.78, 5) is 20.3. The van der Waals surface area contributed by atoms with Crippen LogP contribution in [0.25, 0.3) is 0 Å². The van der Waals surface area contributed by atoms with Crippen LogP contribution >= 0.6 is 22.6 Å². The quantitative estimate of drug-likeness (QED) is 0.359. The first-order chi connectivity index (χ1) is 5.66. The molecule has 0 saturated carbocycles. The molecule has 1 aromatic carbocycles. The maximum Gasteiger partial charge on any atom is 0.280 e. The molecule has 0 fully saturated rings. The number of carbonyl (C=O) groups is 1. The van der Waals surface area contributed by atoms with Gasteiger partial charge in [0.15, 0.2) is 6.29 Å². The minimum atomic E-state index is -0.564. The molecule has 0 aliphatic heterocycles. The molecule has 0 aliphatic carbocycles. The fraction of sp³-hybridized carbons (Fsp3) is 0. The highest BCUT2D eigenvalue weighted by atomic mass is 127. The Kier molecular flexibility index (Phi) is 2.74. The molecule has 0 bridgehead atoms. The lowest BCUT2D eigenvalue weighted by molar-refractivity contribution is -0.385. The molecule has 0 unspecified atom stereocenters. The van der Waals surface area contributed by atoms with Gasteiger partial charge in [0.1, 0.15) is 5.56 Å². The molecule has 0 heterocycles. The second-order valence-corrected chi connectivity index (χ2v) is 3.21. The van der Waals surface area contributed by atoms with Gasteiger partial charge in [0, 0.05) is 9.64 Å². The molecular weight excluding hydrogens is 273 g/mol. The monoisotopic (exact) mass is 277 g/mol. The summed E-state index contributed by atoms with van der Waals surface area (Å²) in [6.45, 7) is 0. The second kappa shape index (κ2) is 3.61. The van der Waals surface area contributed by atoms with Crippen LogP contribution in [0.15, 0.2) is 18.2 Å². The lowest BCUT2D eigenvalue weighted by Gasteiger charge is -1.96. The third-order valence-corrected chi connectivity index (χ3v) is 2.29. The van der Waals surface area contributed by atoms with Gasteiger partial charge in [-0.1, -0.05) is 6.07 Å². The van der Waals surface area contributed by atoms with Crippen LogP contribution in [0.5, 0.6) is 0 Å². The molecule has 0 aliphatic rings. The molecule has 0 saturated heterocycles. The third-order valence-electron chi connectivity index (χ3n) is 1.34. The van der Waals surface area contributed by atoms with Crippen LogP contribution in [0.1, 0.15) is 10.4 Å². The van der Waals surface area contributed by atoms with Gasteiger partial charge in [0.2, 0.25) is 0 Å². The van der Waals surface area contributed by atoms with Gasteiger partial charge < -0.3 is 0 Å². The Labute approximate surface area is 81.9 Å². The van der Waals surface area contributed by atoms with Crippen molar-refractivity contribution >= 4 is 34.6 Å². The summed E-state index contributed by atoms with van der Waals surface area (Å²) in [6, 6.07) is 4.51. The minimum absolute atomic E-state index is 0.142. The van der Waals surface area contributed by atoms with E-state index in [1.807, 2.05) is 22.6 Å². The first-order valence-electron chi connectivity index (χ1n) is 3.05. The number of hydrogen-bond donors (Lipinski definition) is 0. The van der Waals surface area contributed by atoms with Crippen molar-refractivity contribution < 1.29 is 9.72 Å². The van der Waals surface area contributed by atoms with Crippen molar-refractivity contribution in [3.63, 3.8) is 0 Å². The number of carbonyl (C=O) groups excluding carboxylic acids is 1. The number of hydrogen-bond acceptors (Lipinski definition) is 3. The van der Waals surface area contributed by atoms with Gasteiger partial charge in [-0.3, -0.25) is 14.9 Å². The van der Waals surface area contributed by atoms with E-state index in [4.69, 9.17) is 0 Å². The molecule has 0 N–H and O–H groups in total. The average molecular weight is 277 g/mol. The first-order valence-corrected chi connectivity index (χ1v) is 4.12. The van der Waals surface area contributed by atoms with Crippen LogP contribution in [0, 0.1) is 13.7 Å². The Hall–Kier alpha value is -0.980. The molecule has 12 heavy (non-hydrogen) atoms. The van der Waals surface area contributed by atoms with Crippen LogP contribution < -0.4 is 0 Å². The van der Waals surface area contributed by atoms with E-state index in [0.717, 1.165) is 0 Å². The van der Waals surface area contributed by atoms with Crippen molar-refractivity contribution in [2.75, 3.05) is 0 Å². The van der Waals surface area contributed by atoms with E-state index in [-0.39, 0.29) is 11.3 Å². The summed E-state index contributed by atoms with van der Waals surface area (Å²) in [6.07, 6.45) is 0.500. The Morgan fingerprint density at radius 1 is 1.50 bits per heavy atom. The average Bonchev–Trinajstić information content (AvgIpc) is 2.03. The highest BCUT2D eigenvalue weighted by Gasteiger charge is 2.14. The number of nitro benzene ring substituents is 1. The van der Waals surface area contributed by atoms with E-state index in [0.29, 0.717) is 9.86 Å². The molecular formula is C7H4INO3. The van der Waals surface area contributed by atoms with E-state index in [1.54, 1.807) is 12.1 Å². The normalized spacial score (nSPS) is 9.42. The van der Waals surface area contributed by atoms with Crippen molar-refractivity contribution in [2.45, 2.75) is 0 Å². The molecule has 5 heteroatoms. The molecule has 1 aromatic rings. The predicted molar refractivity (Wildman–Crippen MR) is 51.2 cm³/mol. The number of benzene rings is 1. The lowest BCUT2D eigenvalue weighted by atomic mass is 10.2. The zero-order chi connectivity index (χ0) is 9.14. The van der Waals surface area contributed by atoms with Crippen LogP contribution in [0.3, 0.4) is 0 Å². The van der Waals surface area contributed by atoms with Gasteiger partial charge in [-0.15, -0.1) is 0 Å². The maximum atomic E-state index is 10.4. The smallest absolute Gasteiger partial charge is 0.280 e. The molecule has 62 valence electrons. The zero-order valence-corrected chi connectivity index (χ0v) is 8.02. The van der Waals surface area contributed by atoms with Crippen LogP contribution in [0.4, 0.5) is 5.69 Å². The van der Waals surface area contributed by atoms with Crippen molar-refractivity contribution in [3.8, 4) is 0 Å². The highest BCUT2D eigenvalue weighted by Crippen LogP contribution is 2.21. The minimum Gasteiger partial charge on any atom is -0.298 e. The summed E-state index contributed by atoms with van der Waals surface area (Å²) in [7, 11) is 0. The Balaban J connectivity index is 3.37. The van der Waals surface area contributed by atoms with Crippen LogP contribution in [-0.4, -0.2) is 11.2 Å². The fourth-order valence-electron chi connectivity index (χ4n) is 0.802. The van der Waals surface area contributed by atoms with E-state index in [9.17, 15) is 14.9 Å². The van der Waals surface area contributed by atoms with Crippen molar-refractivity contribution in [1.29, 1.82) is 0 Å². The van der Waals surface area contributed by atoms with Gasteiger partial charge in [0.25, 0.3) is 5.69 Å². The highest BCUT2D eigenvalue weighted by molar-refractivity contribution is 14.1. The standard InChI is InChI=1S/C7H4INO3/c8-6-2-1-3-7(9(11)12)5(6)4-10/h1-4H. The number of halogens is 1. The van der Waals surface area contributed by atoms with E-state index >= 15 is 0 Å². The maximum absolute atomic E-state index is 10.4. The van der Waals surface area contributed by atoms with Gasteiger partial charge in [-0.2, -0.15) is 0 Å². The molecule has 0 radical (unpaired) electrons. The van der Waals surface area contributed by atoms with Gasteiger partial charge in [0.05, 0.1) is 4.92 Å². The largest absolute Gasteiger partial charge is 0.298 e. The molecule has 4 nitrogen and oxygen atoms in total. The Morgan fingerprint density at radius 2 is 2.17 bits per heavy atom. The van der Waals surface area contributed by atoms with Crippen molar-refractivity contribution in [1.82, 2.24) is 0 Å². The number of nitrogens with zero attached hydrogens (tertiary/aromatic N) is 1. The summed E-state index contributed by atoms with van der Waals surface area (Å²) >= 11 is 1.88. The number of rotatable bonds is 2. The second-order valence-electron chi connectivity index (χ2n) is 2.05. The summed E-state index contributed by atoms with van der Waals surface area (Å²) in [5.74, 6) is 0. The lowest BCUT2D eigenvalue weighted by Crippen LogP contribution is -1.95. The fourth-order valence-corrected chi connectivity index (χ4v) is 1.41. The first kappa shape index (κ1) is 9.11. The summed E-state index contributed by atoms with van der Waals surface area (Å²) in [5, 5.41) is 10.4. The van der Waals surface area contributed by atoms with Gasteiger partial charge >= 0.3 is 0 Å². The summed E-state index contributed by atoms with van der Waals surface area (Å²) < 4.78 is 0.594. The van der Waals surface area contributed by atoms with E-state index in [1.165, 1.54) is 6.07 Å². The van der Waals surface area contributed by atoms with Crippen LogP contribution in [-0.2, 0) is 0 Å². The molecule has 0 aromatic heterocycles. The van der Waals surface area contributed by atoms with Gasteiger partial charge in [-0.05, 0) is 28.7 Å². The molecule has 0 atom stereocenters. The van der Waals surface area contributed by atoms with Crippen molar-refractivity contribution in [2.24, 2.45) is 0 Å². The predicted octanol–water partition coefficient (Wildman–Crippen LogP) is 2.01. The topological polar surface area (TPSA) is 60.2 Å². The van der Waals surface area contributed by atoms with E-state index < -0.39 is 4.92 Å². The zero-order valence-electron chi connectivity index (χ0n) is 5.86. The van der Waals surface area contributed by atoms with Gasteiger partial charge in [-0.25, -0.2) is 0 Å². The Bertz CT molecular complexity index is 337. The molecule has 1 rings (SSSR count).